The van der Waals surface area contributed by atoms with Crippen molar-refractivity contribution >= 4 is 40.4 Å². The molecule has 1 aliphatic rings. The van der Waals surface area contributed by atoms with Gasteiger partial charge in [0.1, 0.15) is 11.5 Å². The van der Waals surface area contributed by atoms with E-state index in [4.69, 9.17) is 4.42 Å². The molecule has 3 aromatic rings. The van der Waals surface area contributed by atoms with Gasteiger partial charge < -0.3 is 4.42 Å². The molecule has 1 fully saturated rings. The van der Waals surface area contributed by atoms with E-state index < -0.39 is 4.87 Å². The number of fused-ring (bicyclic) bond motifs is 1. The van der Waals surface area contributed by atoms with Crippen molar-refractivity contribution in [1.29, 1.82) is 0 Å². The number of aryl methyl sites for hydroxylation is 1. The number of hydrogen-bond acceptors (Lipinski definition) is 4. The number of rotatable bonds is 2. The summed E-state index contributed by atoms with van der Waals surface area (Å²) in [5, 5.41) is 2.03. The topological polar surface area (TPSA) is 50.5 Å². The third-order valence-electron chi connectivity index (χ3n) is 4.55. The number of nitrogens with zero attached hydrogens (tertiary/aromatic N) is 1. The molecule has 4 nitrogen and oxygen atoms in total. The number of furan rings is 1. The quantitative estimate of drug-likeness (QED) is 0.453. The van der Waals surface area contributed by atoms with Crippen LogP contribution in [0.3, 0.4) is 0 Å². The molecule has 0 bridgehead atoms. The van der Waals surface area contributed by atoms with E-state index in [9.17, 15) is 9.59 Å². The summed E-state index contributed by atoms with van der Waals surface area (Å²) in [5.74, 6) is 0.805. The van der Waals surface area contributed by atoms with Crippen molar-refractivity contribution in [2.24, 2.45) is 0 Å². The van der Waals surface area contributed by atoms with Crippen LogP contribution in [0.15, 0.2) is 63.9 Å². The van der Waals surface area contributed by atoms with E-state index in [0.717, 1.165) is 16.5 Å². The Morgan fingerprint density at radius 2 is 1.81 bits per heavy atom. The van der Waals surface area contributed by atoms with E-state index in [0.29, 0.717) is 16.2 Å². The molecule has 27 heavy (non-hydrogen) atoms. The molecule has 2 amide bonds. The fourth-order valence-electron chi connectivity index (χ4n) is 3.25. The Labute approximate surface area is 161 Å². The molecule has 2 heterocycles. The maximum Gasteiger partial charge on any atom is 0.268 e. The van der Waals surface area contributed by atoms with Gasteiger partial charge in [0.05, 0.1) is 9.78 Å². The second-order valence-electron chi connectivity index (χ2n) is 7.01. The van der Waals surface area contributed by atoms with Crippen LogP contribution in [0.5, 0.6) is 0 Å². The number of hydrogen-bond donors (Lipinski definition) is 0. The number of thioether (sulfide) groups is 1. The molecule has 0 saturated carbocycles. The van der Waals surface area contributed by atoms with Gasteiger partial charge in [-0.2, -0.15) is 0 Å². The predicted octanol–water partition coefficient (Wildman–Crippen LogP) is 5.23. The minimum absolute atomic E-state index is 0.290. The van der Waals surface area contributed by atoms with Gasteiger partial charge in [-0.3, -0.25) is 14.5 Å². The first-order chi connectivity index (χ1) is 12.8. The zero-order valence-corrected chi connectivity index (χ0v) is 16.2. The maximum absolute atomic E-state index is 13.2. The van der Waals surface area contributed by atoms with Crippen molar-refractivity contribution in [3.8, 4) is 0 Å². The van der Waals surface area contributed by atoms with E-state index in [1.807, 2.05) is 69.3 Å². The van der Waals surface area contributed by atoms with E-state index in [1.54, 1.807) is 12.1 Å². The summed E-state index contributed by atoms with van der Waals surface area (Å²) in [4.78, 5) is 27.3. The monoisotopic (exact) mass is 377 g/mol. The molecule has 0 spiro atoms. The first kappa shape index (κ1) is 17.6. The highest BCUT2D eigenvalue weighted by Crippen LogP contribution is 2.45. The highest BCUT2D eigenvalue weighted by molar-refractivity contribution is 8.05. The van der Waals surface area contributed by atoms with Crippen molar-refractivity contribution in [2.45, 2.75) is 25.6 Å². The molecular formula is C22H19NO3S. The summed E-state index contributed by atoms with van der Waals surface area (Å²) in [6.45, 7) is 5.61. The van der Waals surface area contributed by atoms with E-state index in [-0.39, 0.29) is 11.8 Å². The lowest BCUT2D eigenvalue weighted by molar-refractivity contribution is -0.124. The zero-order chi connectivity index (χ0) is 19.2. The number of amides is 2. The van der Waals surface area contributed by atoms with Crippen molar-refractivity contribution in [3.05, 3.63) is 76.6 Å². The fourth-order valence-corrected chi connectivity index (χ4v) is 4.40. The van der Waals surface area contributed by atoms with Crippen molar-refractivity contribution < 1.29 is 14.0 Å². The smallest absolute Gasteiger partial charge is 0.268 e. The lowest BCUT2D eigenvalue weighted by Crippen LogP contribution is -2.44. The summed E-state index contributed by atoms with van der Waals surface area (Å²) < 4.78 is 5.55. The zero-order valence-electron chi connectivity index (χ0n) is 15.4. The Hall–Kier alpha value is -2.79. The van der Waals surface area contributed by atoms with Gasteiger partial charge in [-0.25, -0.2) is 0 Å². The summed E-state index contributed by atoms with van der Waals surface area (Å²) in [6, 6.07) is 17.0. The first-order valence-corrected chi connectivity index (χ1v) is 9.52. The molecule has 0 unspecified atom stereocenters. The highest BCUT2D eigenvalue weighted by atomic mass is 32.2. The van der Waals surface area contributed by atoms with Crippen LogP contribution in [0, 0.1) is 6.92 Å². The molecule has 1 aromatic heterocycles. The Balaban J connectivity index is 1.69. The summed E-state index contributed by atoms with van der Waals surface area (Å²) >= 11 is 1.37. The van der Waals surface area contributed by atoms with Crippen LogP contribution < -0.4 is 0 Å². The number of carbonyl (C=O) groups is 2. The lowest BCUT2D eigenvalue weighted by atomic mass is 10.1. The minimum atomic E-state index is -0.673. The van der Waals surface area contributed by atoms with E-state index in [2.05, 4.69) is 0 Å². The lowest BCUT2D eigenvalue weighted by Gasteiger charge is -2.28. The third kappa shape index (κ3) is 3.19. The largest absolute Gasteiger partial charge is 0.462 e. The van der Waals surface area contributed by atoms with Gasteiger partial charge >= 0.3 is 0 Å². The Morgan fingerprint density at radius 1 is 1.07 bits per heavy atom. The van der Waals surface area contributed by atoms with Crippen LogP contribution in [-0.4, -0.2) is 21.6 Å². The molecule has 0 N–H and O–H groups in total. The maximum atomic E-state index is 13.2. The second kappa shape index (κ2) is 6.43. The van der Waals surface area contributed by atoms with E-state index in [1.165, 1.54) is 16.7 Å². The average Bonchev–Trinajstić information content (AvgIpc) is 3.14. The van der Waals surface area contributed by atoms with Gasteiger partial charge in [-0.05, 0) is 61.9 Å². The molecule has 0 atom stereocenters. The highest BCUT2D eigenvalue weighted by Gasteiger charge is 2.46. The van der Waals surface area contributed by atoms with Crippen molar-refractivity contribution in [1.82, 2.24) is 4.90 Å². The van der Waals surface area contributed by atoms with Gasteiger partial charge in [0.25, 0.3) is 11.8 Å². The molecule has 0 radical (unpaired) electrons. The number of benzene rings is 2. The van der Waals surface area contributed by atoms with E-state index >= 15 is 0 Å². The Morgan fingerprint density at radius 3 is 2.52 bits per heavy atom. The van der Waals surface area contributed by atoms with Crippen LogP contribution in [0.2, 0.25) is 0 Å². The van der Waals surface area contributed by atoms with Gasteiger partial charge in [0.15, 0.2) is 0 Å². The number of carbonyl (C=O) groups excluding carboxylic acids is 2. The fraction of sp³-hybridized carbons (Fsp3) is 0.182. The number of imide groups is 1. The molecule has 0 aliphatic carbocycles. The Kier molecular flexibility index (Phi) is 4.19. The third-order valence-corrected chi connectivity index (χ3v) is 5.74. The molecule has 136 valence electrons. The van der Waals surface area contributed by atoms with Crippen LogP contribution in [-0.2, 0) is 4.79 Å². The molecule has 4 rings (SSSR count). The summed E-state index contributed by atoms with van der Waals surface area (Å²) in [7, 11) is 0. The predicted molar refractivity (Wildman–Crippen MR) is 108 cm³/mol. The first-order valence-electron chi connectivity index (χ1n) is 8.70. The van der Waals surface area contributed by atoms with Crippen LogP contribution >= 0.6 is 11.8 Å². The molecule has 1 saturated heterocycles. The SMILES string of the molecule is Cc1ccc(/C=C2\SC(C)(C)N(C(=O)c3ccc4ccccc4c3)C2=O)o1. The molecule has 1 aliphatic heterocycles. The van der Waals surface area contributed by atoms with Gasteiger partial charge in [-0.15, -0.1) is 0 Å². The molecular weight excluding hydrogens is 358 g/mol. The molecule has 2 aromatic carbocycles. The average molecular weight is 377 g/mol. The normalized spacial score (nSPS) is 17.8. The van der Waals surface area contributed by atoms with Gasteiger partial charge in [-0.1, -0.05) is 42.1 Å². The standard InChI is InChI=1S/C22H19NO3S/c1-14-8-11-18(26-14)13-19-21(25)23(22(2,3)27-19)20(24)17-10-9-15-6-4-5-7-16(15)12-17/h4-13H,1-3H3/b19-13-. The molecule has 5 heteroatoms. The van der Waals surface area contributed by atoms with Crippen LogP contribution in [0.25, 0.3) is 16.8 Å². The Bertz CT molecular complexity index is 1090. The van der Waals surface area contributed by atoms with Crippen LogP contribution in [0.1, 0.15) is 35.7 Å². The van der Waals surface area contributed by atoms with Crippen molar-refractivity contribution in [3.63, 3.8) is 0 Å². The summed E-state index contributed by atoms with van der Waals surface area (Å²) in [6.07, 6.45) is 1.70. The van der Waals surface area contributed by atoms with Gasteiger partial charge in [0.2, 0.25) is 0 Å². The van der Waals surface area contributed by atoms with Crippen LogP contribution in [0.4, 0.5) is 0 Å². The van der Waals surface area contributed by atoms with Crippen molar-refractivity contribution in [2.75, 3.05) is 0 Å². The minimum Gasteiger partial charge on any atom is -0.462 e. The summed E-state index contributed by atoms with van der Waals surface area (Å²) in [5.41, 5.74) is 0.505. The van der Waals surface area contributed by atoms with Gasteiger partial charge in [0, 0.05) is 5.56 Å². The second-order valence-corrected chi connectivity index (χ2v) is 8.66.